The molecule has 4 rings (SSSR count). The lowest BCUT2D eigenvalue weighted by Gasteiger charge is -2.35. The molecule has 1 aliphatic heterocycles. The van der Waals surface area contributed by atoms with Gasteiger partial charge in [0.25, 0.3) is 5.91 Å². The molecule has 29 heavy (non-hydrogen) atoms. The van der Waals surface area contributed by atoms with Crippen LogP contribution in [0.1, 0.15) is 27.2 Å². The number of fused-ring (bicyclic) bond motifs is 1. The van der Waals surface area contributed by atoms with E-state index in [1.807, 2.05) is 18.2 Å². The second kappa shape index (κ2) is 8.42. The highest BCUT2D eigenvalue weighted by atomic mass is 32.1. The molecule has 0 spiro atoms. The van der Waals surface area contributed by atoms with Gasteiger partial charge >= 0.3 is 0 Å². The number of amides is 2. The van der Waals surface area contributed by atoms with Gasteiger partial charge in [0.2, 0.25) is 5.91 Å². The van der Waals surface area contributed by atoms with Gasteiger partial charge in [-0.1, -0.05) is 6.07 Å². The molecule has 0 atom stereocenters. The number of carbonyl (C=O) groups excluding carboxylic acids is 2. The smallest absolute Gasteiger partial charge is 0.251 e. The zero-order chi connectivity index (χ0) is 20.4. The first-order valence-electron chi connectivity index (χ1n) is 9.90. The van der Waals surface area contributed by atoms with E-state index in [0.717, 1.165) is 62.4 Å². The number of thiophene rings is 1. The number of aryl methyl sites for hydroxylation is 1. The standard InChI is InChI=1S/C21H26N4O3S/c1-28-15-5-2-4-14(12-15)25-10-8-24(9-11-25)13-18(26)23-21-19(20(22)27)16-6-3-7-17(16)29-21/h2,4-5,12H,3,6-11,13H2,1H3,(H2,22,27)(H,23,26). The summed E-state index contributed by atoms with van der Waals surface area (Å²) >= 11 is 1.50. The largest absolute Gasteiger partial charge is 0.497 e. The fourth-order valence-corrected chi connectivity index (χ4v) is 5.40. The van der Waals surface area contributed by atoms with E-state index in [1.54, 1.807) is 7.11 Å². The minimum Gasteiger partial charge on any atom is -0.497 e. The van der Waals surface area contributed by atoms with Crippen LogP contribution in [-0.2, 0) is 17.6 Å². The van der Waals surface area contributed by atoms with Gasteiger partial charge in [0, 0.05) is 42.8 Å². The van der Waals surface area contributed by atoms with Crippen molar-refractivity contribution in [2.75, 3.05) is 50.1 Å². The summed E-state index contributed by atoms with van der Waals surface area (Å²) in [4.78, 5) is 30.1. The SMILES string of the molecule is COc1cccc(N2CCN(CC(=O)Nc3sc4c(c3C(N)=O)CCC4)CC2)c1. The van der Waals surface area contributed by atoms with Gasteiger partial charge in [-0.25, -0.2) is 0 Å². The first-order valence-corrected chi connectivity index (χ1v) is 10.7. The summed E-state index contributed by atoms with van der Waals surface area (Å²) in [7, 11) is 1.67. The van der Waals surface area contributed by atoms with E-state index >= 15 is 0 Å². The van der Waals surface area contributed by atoms with E-state index < -0.39 is 5.91 Å². The van der Waals surface area contributed by atoms with E-state index in [1.165, 1.54) is 16.2 Å². The first kappa shape index (κ1) is 19.7. The Morgan fingerprint density at radius 3 is 2.72 bits per heavy atom. The highest BCUT2D eigenvalue weighted by Gasteiger charge is 2.27. The van der Waals surface area contributed by atoms with Gasteiger partial charge in [-0.3, -0.25) is 14.5 Å². The van der Waals surface area contributed by atoms with Gasteiger partial charge in [0.1, 0.15) is 10.8 Å². The van der Waals surface area contributed by atoms with Crippen LogP contribution in [0.2, 0.25) is 0 Å². The van der Waals surface area contributed by atoms with Crippen LogP contribution in [0, 0.1) is 0 Å². The van der Waals surface area contributed by atoms with Crippen molar-refractivity contribution < 1.29 is 14.3 Å². The van der Waals surface area contributed by atoms with Crippen LogP contribution < -0.4 is 20.7 Å². The Bertz CT molecular complexity index is 919. The zero-order valence-electron chi connectivity index (χ0n) is 16.6. The van der Waals surface area contributed by atoms with Crippen molar-refractivity contribution in [1.29, 1.82) is 0 Å². The molecular weight excluding hydrogens is 388 g/mol. The molecule has 0 saturated carbocycles. The molecule has 0 unspecified atom stereocenters. The van der Waals surface area contributed by atoms with Crippen molar-refractivity contribution in [1.82, 2.24) is 4.90 Å². The highest BCUT2D eigenvalue weighted by Crippen LogP contribution is 2.38. The van der Waals surface area contributed by atoms with E-state index in [-0.39, 0.29) is 5.91 Å². The average molecular weight is 415 g/mol. The molecule has 1 aromatic heterocycles. The molecule has 1 aromatic carbocycles. The van der Waals surface area contributed by atoms with E-state index in [4.69, 9.17) is 10.5 Å². The zero-order valence-corrected chi connectivity index (χ0v) is 17.4. The van der Waals surface area contributed by atoms with Gasteiger partial charge in [-0.15, -0.1) is 11.3 Å². The predicted octanol–water partition coefficient (Wildman–Crippen LogP) is 2.10. The number of primary amides is 1. The summed E-state index contributed by atoms with van der Waals surface area (Å²) in [5, 5.41) is 3.55. The van der Waals surface area contributed by atoms with Gasteiger partial charge in [-0.05, 0) is 37.0 Å². The fourth-order valence-electron chi connectivity index (χ4n) is 4.09. The number of nitrogens with two attached hydrogens (primary N) is 1. The monoisotopic (exact) mass is 414 g/mol. The maximum absolute atomic E-state index is 12.6. The number of ether oxygens (including phenoxy) is 1. The lowest BCUT2D eigenvalue weighted by Crippen LogP contribution is -2.48. The van der Waals surface area contributed by atoms with Crippen LogP contribution in [-0.4, -0.2) is 56.5 Å². The number of hydrogen-bond acceptors (Lipinski definition) is 6. The molecule has 3 N–H and O–H groups in total. The summed E-state index contributed by atoms with van der Waals surface area (Å²) in [6.45, 7) is 3.61. The van der Waals surface area contributed by atoms with Crippen LogP contribution >= 0.6 is 11.3 Å². The number of piperazine rings is 1. The van der Waals surface area contributed by atoms with Crippen molar-refractivity contribution in [3.63, 3.8) is 0 Å². The molecule has 1 saturated heterocycles. The van der Waals surface area contributed by atoms with E-state index in [2.05, 4.69) is 21.2 Å². The van der Waals surface area contributed by atoms with Crippen LogP contribution in [0.25, 0.3) is 0 Å². The summed E-state index contributed by atoms with van der Waals surface area (Å²) in [5.74, 6) is 0.297. The van der Waals surface area contributed by atoms with Crippen molar-refractivity contribution in [3.8, 4) is 5.75 Å². The molecule has 2 heterocycles. The number of benzene rings is 1. The third-order valence-corrected chi connectivity index (χ3v) is 6.79. The number of nitrogens with one attached hydrogen (secondary N) is 1. The maximum Gasteiger partial charge on any atom is 0.251 e. The topological polar surface area (TPSA) is 87.9 Å². The quantitative estimate of drug-likeness (QED) is 0.756. The fraction of sp³-hybridized carbons (Fsp3) is 0.429. The molecule has 1 aliphatic carbocycles. The van der Waals surface area contributed by atoms with Gasteiger partial charge in [0.05, 0.1) is 19.2 Å². The Balaban J connectivity index is 1.33. The highest BCUT2D eigenvalue weighted by molar-refractivity contribution is 7.17. The lowest BCUT2D eigenvalue weighted by molar-refractivity contribution is -0.117. The van der Waals surface area contributed by atoms with Crippen LogP contribution in [0.3, 0.4) is 0 Å². The number of hydrogen-bond donors (Lipinski definition) is 2. The molecule has 1 fully saturated rings. The molecule has 154 valence electrons. The number of anilines is 2. The third kappa shape index (κ3) is 4.23. The first-order chi connectivity index (χ1) is 14.0. The van der Waals surface area contributed by atoms with Crippen LogP contribution in [0.5, 0.6) is 5.75 Å². The Kier molecular flexibility index (Phi) is 5.73. The molecule has 0 radical (unpaired) electrons. The minimum atomic E-state index is -0.452. The van der Waals surface area contributed by atoms with Crippen molar-refractivity contribution >= 4 is 33.8 Å². The van der Waals surface area contributed by atoms with Crippen molar-refractivity contribution in [2.24, 2.45) is 5.73 Å². The number of nitrogens with zero attached hydrogens (tertiary/aromatic N) is 2. The normalized spacial score (nSPS) is 16.5. The second-order valence-electron chi connectivity index (χ2n) is 7.44. The molecule has 2 aromatic rings. The molecular formula is C21H26N4O3S. The average Bonchev–Trinajstić information content (AvgIpc) is 3.29. The number of methoxy groups -OCH3 is 1. The summed E-state index contributed by atoms with van der Waals surface area (Å²) in [6, 6.07) is 8.03. The number of rotatable bonds is 6. The lowest BCUT2D eigenvalue weighted by atomic mass is 10.1. The maximum atomic E-state index is 12.6. The second-order valence-corrected chi connectivity index (χ2v) is 8.54. The Labute approximate surface area is 174 Å². The Hall–Kier alpha value is -2.58. The van der Waals surface area contributed by atoms with Gasteiger partial charge in [0.15, 0.2) is 0 Å². The predicted molar refractivity (Wildman–Crippen MR) is 115 cm³/mol. The van der Waals surface area contributed by atoms with Crippen molar-refractivity contribution in [2.45, 2.75) is 19.3 Å². The Morgan fingerprint density at radius 2 is 2.00 bits per heavy atom. The van der Waals surface area contributed by atoms with Gasteiger partial charge in [-0.2, -0.15) is 0 Å². The molecule has 7 nitrogen and oxygen atoms in total. The van der Waals surface area contributed by atoms with Gasteiger partial charge < -0.3 is 20.7 Å². The molecule has 2 amide bonds. The Morgan fingerprint density at radius 1 is 1.21 bits per heavy atom. The van der Waals surface area contributed by atoms with Crippen molar-refractivity contribution in [3.05, 3.63) is 40.3 Å². The van der Waals surface area contributed by atoms with Crippen LogP contribution in [0.15, 0.2) is 24.3 Å². The van der Waals surface area contributed by atoms with Crippen LogP contribution in [0.4, 0.5) is 10.7 Å². The minimum absolute atomic E-state index is 0.0951. The molecule has 8 heteroatoms. The molecule has 2 aliphatic rings. The third-order valence-electron chi connectivity index (χ3n) is 5.58. The van der Waals surface area contributed by atoms with E-state index in [9.17, 15) is 9.59 Å². The molecule has 0 bridgehead atoms. The number of carbonyl (C=O) groups is 2. The van der Waals surface area contributed by atoms with E-state index in [0.29, 0.717) is 17.1 Å². The summed E-state index contributed by atoms with van der Waals surface area (Å²) < 4.78 is 5.30. The summed E-state index contributed by atoms with van der Waals surface area (Å²) in [5.41, 5.74) is 8.25. The summed E-state index contributed by atoms with van der Waals surface area (Å²) in [6.07, 6.45) is 2.88.